The van der Waals surface area contributed by atoms with Crippen LogP contribution in [-0.2, 0) is 0 Å². The van der Waals surface area contributed by atoms with Crippen molar-refractivity contribution in [1.29, 1.82) is 0 Å². The second-order valence-corrected chi connectivity index (χ2v) is 4.56. The first kappa shape index (κ1) is 7.95. The van der Waals surface area contributed by atoms with E-state index in [9.17, 15) is 5.11 Å². The highest BCUT2D eigenvalue weighted by Gasteiger charge is 2.06. The van der Waals surface area contributed by atoms with E-state index in [4.69, 9.17) is 0 Å². The molecule has 0 spiro atoms. The Morgan fingerprint density at radius 3 is 2.92 bits per heavy atom. The molecule has 1 aromatic carbocycles. The highest BCUT2D eigenvalue weighted by atomic mass is 32.2. The van der Waals surface area contributed by atoms with Crippen LogP contribution in [0.4, 0.5) is 0 Å². The molecule has 0 fully saturated rings. The summed E-state index contributed by atoms with van der Waals surface area (Å²) in [7, 11) is 0. The van der Waals surface area contributed by atoms with Crippen LogP contribution in [0.5, 0.6) is 5.75 Å². The van der Waals surface area contributed by atoms with Crippen LogP contribution in [0.3, 0.4) is 0 Å². The fourth-order valence-electron chi connectivity index (χ4n) is 1.19. The van der Waals surface area contributed by atoms with E-state index in [1.807, 2.05) is 25.1 Å². The van der Waals surface area contributed by atoms with Crippen LogP contribution in [0, 0.1) is 6.92 Å². The van der Waals surface area contributed by atoms with Crippen molar-refractivity contribution in [3.05, 3.63) is 23.8 Å². The van der Waals surface area contributed by atoms with Gasteiger partial charge in [0.05, 0.1) is 4.21 Å². The van der Waals surface area contributed by atoms with Crippen molar-refractivity contribution >= 4 is 34.1 Å². The lowest BCUT2D eigenvalue weighted by Gasteiger charge is -1.92. The summed E-state index contributed by atoms with van der Waals surface area (Å²) in [6.07, 6.45) is 0. The molecule has 0 saturated heterocycles. The maximum atomic E-state index is 9.56. The van der Waals surface area contributed by atoms with E-state index in [2.05, 4.69) is 12.6 Å². The molecule has 1 N–H and O–H groups in total. The van der Waals surface area contributed by atoms with Gasteiger partial charge in [-0.25, -0.2) is 0 Å². The number of fused-ring (bicyclic) bond motifs is 1. The Labute approximate surface area is 80.1 Å². The van der Waals surface area contributed by atoms with Gasteiger partial charge in [0.25, 0.3) is 0 Å². The molecule has 1 aromatic heterocycles. The maximum absolute atomic E-state index is 9.56. The molecular weight excluding hydrogens is 188 g/mol. The monoisotopic (exact) mass is 196 g/mol. The molecule has 3 heteroatoms. The fraction of sp³-hybridized carbons (Fsp3) is 0.111. The van der Waals surface area contributed by atoms with Gasteiger partial charge < -0.3 is 5.11 Å². The van der Waals surface area contributed by atoms with Crippen molar-refractivity contribution in [3.8, 4) is 5.75 Å². The molecule has 0 aliphatic carbocycles. The lowest BCUT2D eigenvalue weighted by atomic mass is 10.2. The number of hydrogen-bond acceptors (Lipinski definition) is 3. The molecule has 1 heterocycles. The summed E-state index contributed by atoms with van der Waals surface area (Å²) in [6.45, 7) is 2.01. The minimum Gasteiger partial charge on any atom is -0.505 e. The lowest BCUT2D eigenvalue weighted by Crippen LogP contribution is -1.68. The van der Waals surface area contributed by atoms with Crippen molar-refractivity contribution in [2.75, 3.05) is 0 Å². The first-order valence-electron chi connectivity index (χ1n) is 3.59. The van der Waals surface area contributed by atoms with E-state index in [1.165, 1.54) is 11.3 Å². The van der Waals surface area contributed by atoms with E-state index in [-0.39, 0.29) is 0 Å². The van der Waals surface area contributed by atoms with Gasteiger partial charge >= 0.3 is 0 Å². The normalized spacial score (nSPS) is 10.8. The third kappa shape index (κ3) is 1.09. The Morgan fingerprint density at radius 1 is 1.42 bits per heavy atom. The van der Waals surface area contributed by atoms with Crippen molar-refractivity contribution in [1.82, 2.24) is 0 Å². The van der Waals surface area contributed by atoms with E-state index >= 15 is 0 Å². The standard InChI is InChI=1S/C9H8OS2/c1-5-2-3-7-6(4-5)8(10)9(11)12-7/h2-4,10-11H,1H3. The number of aromatic hydroxyl groups is 1. The number of rotatable bonds is 0. The number of thiophene rings is 1. The second-order valence-electron chi connectivity index (χ2n) is 2.76. The molecule has 0 aliphatic rings. The van der Waals surface area contributed by atoms with Gasteiger partial charge in [0.2, 0.25) is 0 Å². The van der Waals surface area contributed by atoms with Gasteiger partial charge in [-0.1, -0.05) is 11.6 Å². The van der Waals surface area contributed by atoms with Crippen molar-refractivity contribution in [2.24, 2.45) is 0 Å². The number of thiol groups is 1. The number of aryl methyl sites for hydroxylation is 1. The Hall–Kier alpha value is -0.670. The summed E-state index contributed by atoms with van der Waals surface area (Å²) in [5.74, 6) is 0.307. The van der Waals surface area contributed by atoms with E-state index < -0.39 is 0 Å². The largest absolute Gasteiger partial charge is 0.505 e. The van der Waals surface area contributed by atoms with Crippen molar-refractivity contribution in [2.45, 2.75) is 11.1 Å². The molecule has 0 aliphatic heterocycles. The minimum atomic E-state index is 0.307. The van der Waals surface area contributed by atoms with Crippen molar-refractivity contribution < 1.29 is 5.11 Å². The van der Waals surface area contributed by atoms with E-state index in [0.29, 0.717) is 9.96 Å². The van der Waals surface area contributed by atoms with Crippen LogP contribution in [-0.4, -0.2) is 5.11 Å². The molecule has 0 radical (unpaired) electrons. The Kier molecular flexibility index (Phi) is 1.77. The third-order valence-electron chi connectivity index (χ3n) is 1.80. The van der Waals surface area contributed by atoms with Crippen LogP contribution in [0.1, 0.15) is 5.56 Å². The predicted molar refractivity (Wildman–Crippen MR) is 55.5 cm³/mol. The average Bonchev–Trinajstić information content (AvgIpc) is 2.31. The van der Waals surface area contributed by atoms with Gasteiger partial charge in [0, 0.05) is 10.1 Å². The highest BCUT2D eigenvalue weighted by Crippen LogP contribution is 2.39. The SMILES string of the molecule is Cc1ccc2sc(S)c(O)c2c1. The third-order valence-corrected chi connectivity index (χ3v) is 3.25. The summed E-state index contributed by atoms with van der Waals surface area (Å²) in [6, 6.07) is 6.02. The summed E-state index contributed by atoms with van der Waals surface area (Å²) in [5.41, 5.74) is 1.16. The van der Waals surface area contributed by atoms with Crippen molar-refractivity contribution in [3.63, 3.8) is 0 Å². The van der Waals surface area contributed by atoms with E-state index in [0.717, 1.165) is 15.6 Å². The zero-order valence-corrected chi connectivity index (χ0v) is 8.25. The zero-order valence-electron chi connectivity index (χ0n) is 6.53. The van der Waals surface area contributed by atoms with Gasteiger partial charge in [-0.3, -0.25) is 0 Å². The van der Waals surface area contributed by atoms with Crippen LogP contribution in [0.15, 0.2) is 22.4 Å². The number of benzene rings is 1. The Bertz CT molecular complexity index is 431. The molecule has 1 nitrogen and oxygen atoms in total. The molecule has 2 aromatic rings. The molecule has 0 bridgehead atoms. The van der Waals surface area contributed by atoms with Crippen LogP contribution in [0.2, 0.25) is 0 Å². The fourth-order valence-corrected chi connectivity index (χ4v) is 2.42. The topological polar surface area (TPSA) is 20.2 Å². The van der Waals surface area contributed by atoms with Gasteiger partial charge in [0.15, 0.2) is 0 Å². The summed E-state index contributed by atoms with van der Waals surface area (Å²) in [4.78, 5) is 0. The molecule has 62 valence electrons. The highest BCUT2D eigenvalue weighted by molar-refractivity contribution is 7.83. The zero-order chi connectivity index (χ0) is 8.72. The minimum absolute atomic E-state index is 0.307. The first-order valence-corrected chi connectivity index (χ1v) is 4.86. The lowest BCUT2D eigenvalue weighted by molar-refractivity contribution is 0.473. The molecule has 0 amide bonds. The van der Waals surface area contributed by atoms with E-state index in [1.54, 1.807) is 0 Å². The second kappa shape index (κ2) is 2.68. The number of hydrogen-bond donors (Lipinski definition) is 2. The quantitative estimate of drug-likeness (QED) is 0.620. The summed E-state index contributed by atoms with van der Waals surface area (Å²) < 4.78 is 1.78. The van der Waals surface area contributed by atoms with Gasteiger partial charge in [-0.05, 0) is 19.1 Å². The van der Waals surface area contributed by atoms with Crippen LogP contribution < -0.4 is 0 Å². The Balaban J connectivity index is 2.88. The first-order chi connectivity index (χ1) is 5.68. The maximum Gasteiger partial charge on any atom is 0.147 e. The van der Waals surface area contributed by atoms with Crippen LogP contribution >= 0.6 is 24.0 Å². The average molecular weight is 196 g/mol. The Morgan fingerprint density at radius 2 is 2.17 bits per heavy atom. The van der Waals surface area contributed by atoms with Gasteiger partial charge in [0.1, 0.15) is 5.75 Å². The predicted octanol–water partition coefficient (Wildman–Crippen LogP) is 3.20. The van der Waals surface area contributed by atoms with Gasteiger partial charge in [-0.2, -0.15) is 0 Å². The van der Waals surface area contributed by atoms with Gasteiger partial charge in [-0.15, -0.1) is 24.0 Å². The van der Waals surface area contributed by atoms with Crippen LogP contribution in [0.25, 0.3) is 10.1 Å². The molecular formula is C9H8OS2. The smallest absolute Gasteiger partial charge is 0.147 e. The molecule has 0 unspecified atom stereocenters. The summed E-state index contributed by atoms with van der Waals surface area (Å²) >= 11 is 5.66. The molecule has 0 atom stereocenters. The molecule has 2 rings (SSSR count). The molecule has 0 saturated carbocycles. The molecule has 12 heavy (non-hydrogen) atoms. The summed E-state index contributed by atoms with van der Waals surface area (Å²) in [5, 5.41) is 10.5.